The molecule has 0 aliphatic heterocycles. The van der Waals surface area contributed by atoms with Crippen molar-refractivity contribution < 1.29 is 9.53 Å². The third-order valence-corrected chi connectivity index (χ3v) is 3.43. The standard InChI is InChI=1S/C17H16ClNO2/c1-11-3-4-12(2)17(7-11)21-10-13-5-6-14(18)8-15(13)16(20)9-19/h3-9,19H,10H2,1-2H3. The molecular weight excluding hydrogens is 286 g/mol. The number of carbonyl (C=O) groups excluding carboxylic acids is 1. The molecule has 21 heavy (non-hydrogen) atoms. The lowest BCUT2D eigenvalue weighted by Crippen LogP contribution is -2.07. The summed E-state index contributed by atoms with van der Waals surface area (Å²) in [4.78, 5) is 11.8. The fourth-order valence-electron chi connectivity index (χ4n) is 2.00. The van der Waals surface area contributed by atoms with Crippen LogP contribution >= 0.6 is 11.6 Å². The van der Waals surface area contributed by atoms with Gasteiger partial charge >= 0.3 is 0 Å². The highest BCUT2D eigenvalue weighted by Crippen LogP contribution is 2.22. The molecule has 0 aromatic heterocycles. The maximum atomic E-state index is 11.8. The number of Topliss-reactive ketones (excluding diaryl/α,β-unsaturated/α-hetero) is 1. The summed E-state index contributed by atoms with van der Waals surface area (Å²) in [5, 5.41) is 7.58. The lowest BCUT2D eigenvalue weighted by atomic mass is 10.0. The fraction of sp³-hybridized carbons (Fsp3) is 0.176. The Kier molecular flexibility index (Phi) is 4.76. The maximum Gasteiger partial charge on any atom is 0.203 e. The highest BCUT2D eigenvalue weighted by Gasteiger charge is 2.11. The SMILES string of the molecule is Cc1ccc(C)c(OCc2ccc(Cl)cc2C(=O)C=N)c1. The molecular formula is C17H16ClNO2. The molecule has 2 aromatic rings. The molecule has 2 rings (SSSR count). The van der Waals surface area contributed by atoms with Crippen LogP contribution in [0.15, 0.2) is 36.4 Å². The first-order chi connectivity index (χ1) is 10.0. The topological polar surface area (TPSA) is 50.2 Å². The maximum absolute atomic E-state index is 11.8. The molecule has 0 saturated carbocycles. The zero-order chi connectivity index (χ0) is 15.4. The minimum absolute atomic E-state index is 0.260. The Hall–Kier alpha value is -2.13. The number of ether oxygens (including phenoxy) is 1. The molecule has 0 spiro atoms. The van der Waals surface area contributed by atoms with Crippen LogP contribution in [0, 0.1) is 19.3 Å². The molecule has 0 bridgehead atoms. The number of halogens is 1. The average molecular weight is 302 g/mol. The van der Waals surface area contributed by atoms with E-state index in [9.17, 15) is 4.79 Å². The summed E-state index contributed by atoms with van der Waals surface area (Å²) in [7, 11) is 0. The van der Waals surface area contributed by atoms with Crippen molar-refractivity contribution in [2.24, 2.45) is 0 Å². The Bertz CT molecular complexity index is 695. The van der Waals surface area contributed by atoms with Crippen LogP contribution in [0.4, 0.5) is 0 Å². The van der Waals surface area contributed by atoms with E-state index in [1.54, 1.807) is 18.2 Å². The zero-order valence-corrected chi connectivity index (χ0v) is 12.7. The number of ketones is 1. The summed E-state index contributed by atoms with van der Waals surface area (Å²) < 4.78 is 5.81. The molecule has 0 amide bonds. The van der Waals surface area contributed by atoms with E-state index < -0.39 is 0 Å². The van der Waals surface area contributed by atoms with Gasteiger partial charge in [-0.1, -0.05) is 29.8 Å². The first-order valence-electron chi connectivity index (χ1n) is 6.54. The van der Waals surface area contributed by atoms with E-state index in [1.807, 2.05) is 32.0 Å². The minimum Gasteiger partial charge on any atom is -0.489 e. The van der Waals surface area contributed by atoms with Gasteiger partial charge in [0.15, 0.2) is 0 Å². The Morgan fingerprint density at radius 1 is 1.24 bits per heavy atom. The number of aryl methyl sites for hydroxylation is 2. The Morgan fingerprint density at radius 2 is 2.00 bits per heavy atom. The summed E-state index contributed by atoms with van der Waals surface area (Å²) in [6.45, 7) is 4.23. The summed E-state index contributed by atoms with van der Waals surface area (Å²) >= 11 is 5.91. The fourth-order valence-corrected chi connectivity index (χ4v) is 2.17. The van der Waals surface area contributed by atoms with Crippen LogP contribution in [0.1, 0.15) is 27.0 Å². The van der Waals surface area contributed by atoms with Crippen molar-refractivity contribution in [2.45, 2.75) is 20.5 Å². The summed E-state index contributed by atoms with van der Waals surface area (Å²) in [6.07, 6.45) is 0.785. The predicted octanol–water partition coefficient (Wildman–Crippen LogP) is 4.37. The van der Waals surface area contributed by atoms with Crippen molar-refractivity contribution in [1.29, 1.82) is 5.41 Å². The molecule has 2 aromatic carbocycles. The molecule has 0 heterocycles. The van der Waals surface area contributed by atoms with Crippen molar-refractivity contribution in [3.8, 4) is 5.75 Å². The quantitative estimate of drug-likeness (QED) is 0.658. The highest BCUT2D eigenvalue weighted by molar-refractivity contribution is 6.36. The summed E-state index contributed by atoms with van der Waals surface area (Å²) in [5.74, 6) is 0.412. The number of benzene rings is 2. The van der Waals surface area contributed by atoms with E-state index in [-0.39, 0.29) is 12.4 Å². The van der Waals surface area contributed by atoms with E-state index in [0.717, 1.165) is 23.1 Å². The molecule has 0 saturated heterocycles. The third kappa shape index (κ3) is 3.70. The van der Waals surface area contributed by atoms with Gasteiger partial charge in [0.05, 0.1) is 6.21 Å². The Balaban J connectivity index is 2.25. The predicted molar refractivity (Wildman–Crippen MR) is 84.8 cm³/mol. The lowest BCUT2D eigenvalue weighted by molar-refractivity contribution is 0.106. The molecule has 0 radical (unpaired) electrons. The Morgan fingerprint density at radius 3 is 2.71 bits per heavy atom. The van der Waals surface area contributed by atoms with Crippen LogP contribution in [0.2, 0.25) is 5.02 Å². The van der Waals surface area contributed by atoms with E-state index in [1.165, 1.54) is 0 Å². The molecule has 4 heteroatoms. The second-order valence-electron chi connectivity index (χ2n) is 4.87. The van der Waals surface area contributed by atoms with Gasteiger partial charge in [0.2, 0.25) is 5.78 Å². The van der Waals surface area contributed by atoms with Gasteiger partial charge in [-0.2, -0.15) is 0 Å². The second kappa shape index (κ2) is 6.55. The van der Waals surface area contributed by atoms with Gasteiger partial charge in [-0.25, -0.2) is 0 Å². The van der Waals surface area contributed by atoms with Crippen LogP contribution in [0.3, 0.4) is 0 Å². The van der Waals surface area contributed by atoms with E-state index in [4.69, 9.17) is 21.7 Å². The normalized spacial score (nSPS) is 10.2. The van der Waals surface area contributed by atoms with Gasteiger partial charge in [0, 0.05) is 16.1 Å². The van der Waals surface area contributed by atoms with Crippen molar-refractivity contribution in [3.05, 3.63) is 63.7 Å². The smallest absolute Gasteiger partial charge is 0.203 e. The number of nitrogens with one attached hydrogen (secondary N) is 1. The monoisotopic (exact) mass is 301 g/mol. The van der Waals surface area contributed by atoms with Gasteiger partial charge in [-0.05, 0) is 43.2 Å². The zero-order valence-electron chi connectivity index (χ0n) is 11.9. The van der Waals surface area contributed by atoms with Crippen LogP contribution in [0.5, 0.6) is 5.75 Å². The summed E-state index contributed by atoms with van der Waals surface area (Å²) in [5.41, 5.74) is 3.27. The van der Waals surface area contributed by atoms with Crippen molar-refractivity contribution >= 4 is 23.6 Å². The van der Waals surface area contributed by atoms with Gasteiger partial charge < -0.3 is 10.1 Å². The van der Waals surface area contributed by atoms with Gasteiger partial charge in [0.1, 0.15) is 12.4 Å². The molecule has 0 atom stereocenters. The van der Waals surface area contributed by atoms with Crippen molar-refractivity contribution in [2.75, 3.05) is 0 Å². The van der Waals surface area contributed by atoms with Gasteiger partial charge in [-0.15, -0.1) is 0 Å². The van der Waals surface area contributed by atoms with Crippen molar-refractivity contribution in [3.63, 3.8) is 0 Å². The number of hydrogen-bond acceptors (Lipinski definition) is 3. The number of hydrogen-bond donors (Lipinski definition) is 1. The first-order valence-corrected chi connectivity index (χ1v) is 6.92. The molecule has 108 valence electrons. The van der Waals surface area contributed by atoms with Crippen LogP contribution in [-0.4, -0.2) is 12.0 Å². The molecule has 1 N–H and O–H groups in total. The molecule has 0 aliphatic rings. The summed E-state index contributed by atoms with van der Waals surface area (Å²) in [6, 6.07) is 11.0. The average Bonchev–Trinajstić information content (AvgIpc) is 2.48. The highest BCUT2D eigenvalue weighted by atomic mass is 35.5. The number of carbonyl (C=O) groups is 1. The first kappa shape index (κ1) is 15.3. The van der Waals surface area contributed by atoms with Crippen molar-refractivity contribution in [1.82, 2.24) is 0 Å². The van der Waals surface area contributed by atoms with Crippen LogP contribution in [0.25, 0.3) is 0 Å². The van der Waals surface area contributed by atoms with E-state index >= 15 is 0 Å². The molecule has 0 aliphatic carbocycles. The largest absolute Gasteiger partial charge is 0.489 e. The Labute approximate surface area is 129 Å². The van der Waals surface area contributed by atoms with Crippen LogP contribution in [-0.2, 0) is 6.61 Å². The third-order valence-electron chi connectivity index (χ3n) is 3.20. The molecule has 3 nitrogen and oxygen atoms in total. The molecule has 0 unspecified atom stereocenters. The van der Waals surface area contributed by atoms with Crippen LogP contribution < -0.4 is 4.74 Å². The van der Waals surface area contributed by atoms with Gasteiger partial charge in [0.25, 0.3) is 0 Å². The number of rotatable bonds is 5. The van der Waals surface area contributed by atoms with E-state index in [2.05, 4.69) is 0 Å². The van der Waals surface area contributed by atoms with Gasteiger partial charge in [-0.3, -0.25) is 4.79 Å². The lowest BCUT2D eigenvalue weighted by Gasteiger charge is -2.12. The second-order valence-corrected chi connectivity index (χ2v) is 5.30. The molecule has 0 fully saturated rings. The van der Waals surface area contributed by atoms with E-state index in [0.29, 0.717) is 16.1 Å². The minimum atomic E-state index is -0.378.